The summed E-state index contributed by atoms with van der Waals surface area (Å²) < 4.78 is 28.0. The molecule has 1 atom stereocenters. The van der Waals surface area contributed by atoms with Gasteiger partial charge in [-0.1, -0.05) is 31.2 Å². The number of hydrogen-bond donors (Lipinski definition) is 0. The van der Waals surface area contributed by atoms with Crippen LogP contribution in [0.4, 0.5) is 5.82 Å². The molecule has 8 heteroatoms. The highest BCUT2D eigenvalue weighted by Gasteiger charge is 2.31. The molecule has 7 nitrogen and oxygen atoms in total. The maximum absolute atomic E-state index is 13.2. The van der Waals surface area contributed by atoms with Crippen molar-refractivity contribution >= 4 is 26.7 Å². The van der Waals surface area contributed by atoms with Gasteiger partial charge < -0.3 is 4.90 Å². The summed E-state index contributed by atoms with van der Waals surface area (Å²) in [6.45, 7) is 8.51. The molecule has 0 amide bonds. The first-order valence-electron chi connectivity index (χ1n) is 12.8. The lowest BCUT2D eigenvalue weighted by molar-refractivity contribution is 0.141. The zero-order chi connectivity index (χ0) is 24.4. The normalized spacial score (nSPS) is 19.2. The van der Waals surface area contributed by atoms with E-state index in [1.165, 1.54) is 19.3 Å². The number of fused-ring (bicyclic) bond motifs is 1. The van der Waals surface area contributed by atoms with E-state index in [0.717, 1.165) is 47.6 Å². The standard InChI is InChI=1S/C27H35N5O2S/c1-3-22-11-13-23(14-12-22)35(33,34)32-19-17-30(18-20-32)21(2)26-28-25-10-6-5-9-24(25)27(29-26)31-15-7-4-8-16-31/h5-6,9-14,21H,3-4,7-8,15-20H2,1-2H3/t21-/m1/s1. The van der Waals surface area contributed by atoms with Crippen LogP contribution in [-0.4, -0.2) is 66.9 Å². The first kappa shape index (κ1) is 24.2. The maximum atomic E-state index is 13.2. The number of benzene rings is 2. The Balaban J connectivity index is 1.33. The zero-order valence-corrected chi connectivity index (χ0v) is 21.5. The van der Waals surface area contributed by atoms with Crippen LogP contribution < -0.4 is 4.90 Å². The molecular formula is C27H35N5O2S. The van der Waals surface area contributed by atoms with Crippen LogP contribution in [0.2, 0.25) is 0 Å². The van der Waals surface area contributed by atoms with Gasteiger partial charge in [-0.2, -0.15) is 4.31 Å². The van der Waals surface area contributed by atoms with Gasteiger partial charge in [-0.3, -0.25) is 4.90 Å². The highest BCUT2D eigenvalue weighted by Crippen LogP contribution is 2.30. The fourth-order valence-electron chi connectivity index (χ4n) is 5.15. The van der Waals surface area contributed by atoms with Crippen molar-refractivity contribution in [2.75, 3.05) is 44.2 Å². The van der Waals surface area contributed by atoms with Crippen molar-refractivity contribution in [2.24, 2.45) is 0 Å². The summed E-state index contributed by atoms with van der Waals surface area (Å²) in [5, 5.41) is 1.11. The molecule has 0 bridgehead atoms. The minimum Gasteiger partial charge on any atom is -0.356 e. The lowest BCUT2D eigenvalue weighted by atomic mass is 10.1. The third-order valence-corrected chi connectivity index (χ3v) is 9.33. The number of anilines is 1. The molecule has 3 heterocycles. The Labute approximate surface area is 208 Å². The molecule has 0 unspecified atom stereocenters. The topological polar surface area (TPSA) is 69.6 Å². The molecule has 3 aromatic rings. The van der Waals surface area contributed by atoms with Gasteiger partial charge in [0, 0.05) is 44.7 Å². The van der Waals surface area contributed by atoms with E-state index in [9.17, 15) is 8.42 Å². The number of para-hydroxylation sites is 1. The Kier molecular flexibility index (Phi) is 7.05. The lowest BCUT2D eigenvalue weighted by Gasteiger charge is -2.37. The van der Waals surface area contributed by atoms with Crippen LogP contribution in [0, 0.1) is 0 Å². The Hall–Kier alpha value is -2.55. The molecule has 0 spiro atoms. The van der Waals surface area contributed by atoms with Crippen LogP contribution in [0.3, 0.4) is 0 Å². The van der Waals surface area contributed by atoms with Gasteiger partial charge in [-0.05, 0) is 62.4 Å². The average molecular weight is 494 g/mol. The van der Waals surface area contributed by atoms with E-state index >= 15 is 0 Å². The molecule has 35 heavy (non-hydrogen) atoms. The van der Waals surface area contributed by atoms with Crippen LogP contribution in [0.5, 0.6) is 0 Å². The predicted octanol–water partition coefficient (Wildman–Crippen LogP) is 4.25. The summed E-state index contributed by atoms with van der Waals surface area (Å²) in [5.41, 5.74) is 2.11. The van der Waals surface area contributed by atoms with Crippen molar-refractivity contribution in [3.05, 3.63) is 59.9 Å². The Morgan fingerprint density at radius 3 is 2.23 bits per heavy atom. The predicted molar refractivity (Wildman–Crippen MR) is 140 cm³/mol. The van der Waals surface area contributed by atoms with Crippen LogP contribution in [-0.2, 0) is 16.4 Å². The number of rotatable bonds is 6. The summed E-state index contributed by atoms with van der Waals surface area (Å²) in [4.78, 5) is 15.1. The van der Waals surface area contributed by atoms with Crippen molar-refractivity contribution < 1.29 is 8.42 Å². The summed E-state index contributed by atoms with van der Waals surface area (Å²) in [5.74, 6) is 1.85. The highest BCUT2D eigenvalue weighted by molar-refractivity contribution is 7.89. The number of aromatic nitrogens is 2. The molecule has 186 valence electrons. The second-order valence-electron chi connectivity index (χ2n) is 9.58. The van der Waals surface area contributed by atoms with Gasteiger partial charge in [0.15, 0.2) is 0 Å². The molecule has 0 radical (unpaired) electrons. The van der Waals surface area contributed by atoms with E-state index in [1.807, 2.05) is 18.2 Å². The zero-order valence-electron chi connectivity index (χ0n) is 20.7. The Morgan fingerprint density at radius 1 is 0.857 bits per heavy atom. The molecular weight excluding hydrogens is 458 g/mol. The monoisotopic (exact) mass is 493 g/mol. The molecule has 5 rings (SSSR count). The molecule has 2 aliphatic rings. The van der Waals surface area contributed by atoms with E-state index in [-0.39, 0.29) is 6.04 Å². The maximum Gasteiger partial charge on any atom is 0.243 e. The first-order valence-corrected chi connectivity index (χ1v) is 14.3. The molecule has 2 fully saturated rings. The van der Waals surface area contributed by atoms with E-state index in [2.05, 4.69) is 41.8 Å². The van der Waals surface area contributed by atoms with Gasteiger partial charge in [0.25, 0.3) is 0 Å². The van der Waals surface area contributed by atoms with Gasteiger partial charge in [-0.15, -0.1) is 0 Å². The number of piperazine rings is 1. The van der Waals surface area contributed by atoms with Crippen molar-refractivity contribution in [3.8, 4) is 0 Å². The summed E-state index contributed by atoms with van der Waals surface area (Å²) in [6, 6.07) is 15.5. The van der Waals surface area contributed by atoms with E-state index in [1.54, 1.807) is 16.4 Å². The smallest absolute Gasteiger partial charge is 0.243 e. The highest BCUT2D eigenvalue weighted by atomic mass is 32.2. The number of aryl methyl sites for hydroxylation is 1. The van der Waals surface area contributed by atoms with Gasteiger partial charge in [0.05, 0.1) is 16.5 Å². The van der Waals surface area contributed by atoms with Crippen LogP contribution in [0.1, 0.15) is 50.5 Å². The Morgan fingerprint density at radius 2 is 1.54 bits per heavy atom. The quantitative estimate of drug-likeness (QED) is 0.511. The molecule has 2 aromatic carbocycles. The second kappa shape index (κ2) is 10.2. The molecule has 0 saturated carbocycles. The van der Waals surface area contributed by atoms with Gasteiger partial charge in [0.2, 0.25) is 10.0 Å². The minimum atomic E-state index is -3.48. The Bertz CT molecular complexity index is 1260. The van der Waals surface area contributed by atoms with E-state index in [0.29, 0.717) is 31.1 Å². The van der Waals surface area contributed by atoms with Crippen molar-refractivity contribution in [1.82, 2.24) is 19.2 Å². The third-order valence-electron chi connectivity index (χ3n) is 7.42. The van der Waals surface area contributed by atoms with Gasteiger partial charge >= 0.3 is 0 Å². The second-order valence-corrected chi connectivity index (χ2v) is 11.5. The number of piperidine rings is 1. The largest absolute Gasteiger partial charge is 0.356 e. The van der Waals surface area contributed by atoms with Crippen LogP contribution in [0.25, 0.3) is 10.9 Å². The van der Waals surface area contributed by atoms with E-state index in [4.69, 9.17) is 9.97 Å². The average Bonchev–Trinajstić information content (AvgIpc) is 2.92. The molecule has 1 aromatic heterocycles. The SMILES string of the molecule is CCc1ccc(S(=O)(=O)N2CCN([C@H](C)c3nc(N4CCCCC4)c4ccccc4n3)CC2)cc1. The number of nitrogens with zero attached hydrogens (tertiary/aromatic N) is 5. The van der Waals surface area contributed by atoms with E-state index < -0.39 is 10.0 Å². The van der Waals surface area contributed by atoms with Gasteiger partial charge in [0.1, 0.15) is 11.6 Å². The molecule has 0 aliphatic carbocycles. The minimum absolute atomic E-state index is 0.0110. The summed E-state index contributed by atoms with van der Waals surface area (Å²) >= 11 is 0. The molecule has 2 saturated heterocycles. The molecule has 2 aliphatic heterocycles. The summed E-state index contributed by atoms with van der Waals surface area (Å²) in [7, 11) is -3.48. The van der Waals surface area contributed by atoms with Crippen molar-refractivity contribution in [3.63, 3.8) is 0 Å². The third kappa shape index (κ3) is 4.92. The number of hydrogen-bond acceptors (Lipinski definition) is 6. The lowest BCUT2D eigenvalue weighted by Crippen LogP contribution is -2.49. The van der Waals surface area contributed by atoms with Crippen molar-refractivity contribution in [2.45, 2.75) is 50.5 Å². The first-order chi connectivity index (χ1) is 17.0. The fraction of sp³-hybridized carbons (Fsp3) is 0.481. The summed E-state index contributed by atoms with van der Waals surface area (Å²) in [6.07, 6.45) is 4.56. The number of sulfonamides is 1. The van der Waals surface area contributed by atoms with Gasteiger partial charge in [-0.25, -0.2) is 18.4 Å². The van der Waals surface area contributed by atoms with Crippen molar-refractivity contribution in [1.29, 1.82) is 0 Å². The molecule has 0 N–H and O–H groups in total. The van der Waals surface area contributed by atoms with Crippen LogP contribution in [0.15, 0.2) is 53.4 Å². The fourth-order valence-corrected chi connectivity index (χ4v) is 6.57. The van der Waals surface area contributed by atoms with Crippen LogP contribution >= 0.6 is 0 Å².